The van der Waals surface area contributed by atoms with Crippen molar-refractivity contribution in [2.24, 2.45) is 10.7 Å². The van der Waals surface area contributed by atoms with Gasteiger partial charge in [-0.2, -0.15) is 0 Å². The smallest absolute Gasteiger partial charge is 0.131 e. The molecule has 240 valence electrons. The van der Waals surface area contributed by atoms with E-state index in [9.17, 15) is 0 Å². The number of aliphatic imine (C=N–C) groups is 1. The van der Waals surface area contributed by atoms with Crippen LogP contribution in [0.3, 0.4) is 0 Å². The largest absolute Gasteiger partial charge is 0.385 e. The topological polar surface area (TPSA) is 63.3 Å². The molecule has 8 rings (SSSR count). The predicted octanol–water partition coefficient (Wildman–Crippen LogP) is 9.61. The van der Waals surface area contributed by atoms with Gasteiger partial charge in [0.15, 0.2) is 0 Å². The Hall–Kier alpha value is -6.52. The summed E-state index contributed by atoms with van der Waals surface area (Å²) >= 11 is 0. The summed E-state index contributed by atoms with van der Waals surface area (Å²) in [6.07, 6.45) is 3.85. The Morgan fingerprint density at radius 3 is 1.94 bits per heavy atom. The minimum Gasteiger partial charge on any atom is -0.385 e. The number of benzene rings is 6. The normalized spacial score (nSPS) is 15.3. The van der Waals surface area contributed by atoms with Crippen LogP contribution in [0, 0.1) is 0 Å². The molecule has 7 aromatic rings. The standard InChI is InChI=1S/C46H36N4/c47-45(36-16-6-2-7-17-36)50-43(35-14-4-1-5-15-35)32-48-31-33-23-25-34(26-24-33)37-27-28-40-39-20-10-11-21-41(39)46(42(40)30-37,38-18-8-3-9-19-38)44-22-12-13-29-49-44/h1-30,32,48H,31H2,(H2,47,50). The third kappa shape index (κ3) is 5.67. The van der Waals surface area contributed by atoms with Crippen LogP contribution in [0.4, 0.5) is 0 Å². The summed E-state index contributed by atoms with van der Waals surface area (Å²) < 4.78 is 0. The molecule has 1 aromatic heterocycles. The average Bonchev–Trinajstić information content (AvgIpc) is 3.49. The van der Waals surface area contributed by atoms with Gasteiger partial charge in [-0.15, -0.1) is 0 Å². The lowest BCUT2D eigenvalue weighted by atomic mass is 9.69. The van der Waals surface area contributed by atoms with Crippen molar-refractivity contribution in [3.05, 3.63) is 227 Å². The van der Waals surface area contributed by atoms with Crippen molar-refractivity contribution < 1.29 is 0 Å². The van der Waals surface area contributed by atoms with Gasteiger partial charge in [-0.1, -0.05) is 158 Å². The zero-order chi connectivity index (χ0) is 33.8. The Kier molecular flexibility index (Phi) is 8.34. The summed E-state index contributed by atoms with van der Waals surface area (Å²) in [6.45, 7) is 0.646. The quantitative estimate of drug-likeness (QED) is 0.122. The number of hydrogen-bond acceptors (Lipinski definition) is 3. The van der Waals surface area contributed by atoms with E-state index in [4.69, 9.17) is 15.7 Å². The molecule has 0 radical (unpaired) electrons. The fourth-order valence-electron chi connectivity index (χ4n) is 7.14. The zero-order valence-electron chi connectivity index (χ0n) is 27.6. The molecule has 0 amide bonds. The molecule has 1 aliphatic rings. The molecule has 3 N–H and O–H groups in total. The summed E-state index contributed by atoms with van der Waals surface area (Å²) in [5.74, 6) is 0.476. The maximum Gasteiger partial charge on any atom is 0.131 e. The van der Waals surface area contributed by atoms with E-state index in [2.05, 4.69) is 115 Å². The zero-order valence-corrected chi connectivity index (χ0v) is 27.6. The second kappa shape index (κ2) is 13.5. The van der Waals surface area contributed by atoms with Gasteiger partial charge in [0.2, 0.25) is 0 Å². The molecule has 50 heavy (non-hydrogen) atoms. The molecule has 0 aliphatic heterocycles. The molecule has 1 aliphatic carbocycles. The number of amidine groups is 1. The number of nitrogens with one attached hydrogen (secondary N) is 1. The van der Waals surface area contributed by atoms with Crippen LogP contribution in [0.5, 0.6) is 0 Å². The first kappa shape index (κ1) is 30.8. The number of rotatable bonds is 9. The van der Waals surface area contributed by atoms with Gasteiger partial charge in [0.25, 0.3) is 0 Å². The van der Waals surface area contributed by atoms with Gasteiger partial charge >= 0.3 is 0 Å². The number of aromatic nitrogens is 1. The predicted molar refractivity (Wildman–Crippen MR) is 205 cm³/mol. The van der Waals surface area contributed by atoms with Crippen LogP contribution >= 0.6 is 0 Å². The van der Waals surface area contributed by atoms with Gasteiger partial charge in [0.05, 0.1) is 16.8 Å². The van der Waals surface area contributed by atoms with Crippen LogP contribution in [0.1, 0.15) is 39.1 Å². The van der Waals surface area contributed by atoms with E-state index in [1.54, 1.807) is 0 Å². The van der Waals surface area contributed by atoms with Crippen molar-refractivity contribution in [1.82, 2.24) is 10.3 Å². The number of nitrogens with zero attached hydrogens (tertiary/aromatic N) is 2. The highest BCUT2D eigenvalue weighted by atomic mass is 14.9. The van der Waals surface area contributed by atoms with Crippen molar-refractivity contribution in [3.8, 4) is 22.3 Å². The van der Waals surface area contributed by atoms with Crippen molar-refractivity contribution in [2.45, 2.75) is 12.0 Å². The number of hydrogen-bond donors (Lipinski definition) is 2. The van der Waals surface area contributed by atoms with E-state index in [1.807, 2.05) is 79.1 Å². The van der Waals surface area contributed by atoms with Crippen LogP contribution in [-0.4, -0.2) is 10.8 Å². The Morgan fingerprint density at radius 1 is 0.600 bits per heavy atom. The molecule has 1 unspecified atom stereocenters. The monoisotopic (exact) mass is 644 g/mol. The number of pyridine rings is 1. The minimum absolute atomic E-state index is 0.476. The summed E-state index contributed by atoms with van der Waals surface area (Å²) in [6, 6.07) is 61.4. The highest BCUT2D eigenvalue weighted by molar-refractivity contribution is 6.00. The number of fused-ring (bicyclic) bond motifs is 3. The van der Waals surface area contributed by atoms with Crippen LogP contribution in [0.25, 0.3) is 28.0 Å². The molecule has 0 bridgehead atoms. The van der Waals surface area contributed by atoms with Crippen molar-refractivity contribution in [1.29, 1.82) is 0 Å². The molecule has 4 heteroatoms. The van der Waals surface area contributed by atoms with E-state index in [1.165, 1.54) is 33.4 Å². The molecule has 0 saturated heterocycles. The second-order valence-corrected chi connectivity index (χ2v) is 12.5. The first-order valence-corrected chi connectivity index (χ1v) is 16.9. The van der Waals surface area contributed by atoms with Gasteiger partial charge in [-0.3, -0.25) is 4.98 Å². The molecule has 6 aromatic carbocycles. The molecule has 0 fully saturated rings. The van der Waals surface area contributed by atoms with Gasteiger partial charge in [0.1, 0.15) is 5.84 Å². The first-order valence-electron chi connectivity index (χ1n) is 16.9. The molecule has 0 spiro atoms. The summed E-state index contributed by atoms with van der Waals surface area (Å²) in [5, 5.41) is 3.48. The van der Waals surface area contributed by atoms with E-state index in [0.29, 0.717) is 12.4 Å². The fourth-order valence-corrected chi connectivity index (χ4v) is 7.14. The van der Waals surface area contributed by atoms with E-state index in [-0.39, 0.29) is 0 Å². The fraction of sp³-hybridized carbons (Fsp3) is 0.0435. The maximum absolute atomic E-state index is 6.41. The van der Waals surface area contributed by atoms with E-state index < -0.39 is 5.41 Å². The lowest BCUT2D eigenvalue weighted by molar-refractivity contribution is 0.735. The molecule has 1 heterocycles. The summed E-state index contributed by atoms with van der Waals surface area (Å²) in [7, 11) is 0. The Morgan fingerprint density at radius 2 is 1.22 bits per heavy atom. The van der Waals surface area contributed by atoms with Gasteiger partial charge in [0, 0.05) is 30.1 Å². The maximum atomic E-state index is 6.41. The van der Waals surface area contributed by atoms with Crippen LogP contribution in [0.15, 0.2) is 193 Å². The molecule has 1 atom stereocenters. The van der Waals surface area contributed by atoms with Crippen LogP contribution < -0.4 is 11.1 Å². The third-order valence-corrected chi connectivity index (χ3v) is 9.51. The first-order chi connectivity index (χ1) is 24.7. The Bertz CT molecular complexity index is 2260. The van der Waals surface area contributed by atoms with Crippen LogP contribution in [-0.2, 0) is 12.0 Å². The van der Waals surface area contributed by atoms with Crippen molar-refractivity contribution in [2.75, 3.05) is 0 Å². The summed E-state index contributed by atoms with van der Waals surface area (Å²) in [4.78, 5) is 9.78. The summed E-state index contributed by atoms with van der Waals surface area (Å²) in [5.41, 5.74) is 19.3. The van der Waals surface area contributed by atoms with Crippen molar-refractivity contribution >= 4 is 11.5 Å². The Labute approximate surface area is 293 Å². The molecular formula is C46H36N4. The van der Waals surface area contributed by atoms with Crippen molar-refractivity contribution in [3.63, 3.8) is 0 Å². The SMILES string of the molecule is NC(=NC(=CNCc1ccc(-c2ccc3c(c2)C(c2ccccc2)(c2ccccn2)c2ccccc2-3)cc1)c1ccccc1)c1ccccc1. The van der Waals surface area contributed by atoms with Gasteiger partial charge in [-0.25, -0.2) is 4.99 Å². The molecule has 0 saturated carbocycles. The van der Waals surface area contributed by atoms with E-state index >= 15 is 0 Å². The molecule has 4 nitrogen and oxygen atoms in total. The van der Waals surface area contributed by atoms with Gasteiger partial charge in [-0.05, 0) is 62.7 Å². The lowest BCUT2D eigenvalue weighted by Crippen LogP contribution is -2.29. The highest BCUT2D eigenvalue weighted by Gasteiger charge is 2.47. The third-order valence-electron chi connectivity index (χ3n) is 9.51. The highest BCUT2D eigenvalue weighted by Crippen LogP contribution is 2.56. The lowest BCUT2D eigenvalue weighted by Gasteiger charge is -2.32. The average molecular weight is 645 g/mol. The minimum atomic E-state index is -0.524. The van der Waals surface area contributed by atoms with Gasteiger partial charge < -0.3 is 11.1 Å². The van der Waals surface area contributed by atoms with E-state index in [0.717, 1.165) is 33.6 Å². The molecular weight excluding hydrogens is 609 g/mol. The Balaban J connectivity index is 1.11. The number of nitrogens with two attached hydrogens (primary N) is 1. The van der Waals surface area contributed by atoms with Crippen LogP contribution in [0.2, 0.25) is 0 Å². The second-order valence-electron chi connectivity index (χ2n) is 12.5.